The van der Waals surface area contributed by atoms with Gasteiger partial charge < -0.3 is 28.5 Å². The standard InChI is InChI=1S/C24H27N3O4S.C10H8O3.CH3Cl/c1-6-32-19-10-8-7-9-16(19)27(4)24(29)31-18-13-17-15(11-12-26(17)3)21-20(23(28)30-5)14(2)25-22(18)21;1-12-8-2-3-10-7(4-8)5-9(6-11)13-10;1-2/h7-10,13,25H,6,11-12H2,1-5H3;2-6H,1H3;1H3. The summed E-state index contributed by atoms with van der Waals surface area (Å²) in [5.74, 6) is 1.98. The van der Waals surface area contributed by atoms with Gasteiger partial charge >= 0.3 is 12.1 Å². The molecule has 0 spiro atoms. The predicted octanol–water partition coefficient (Wildman–Crippen LogP) is 8.11. The molecule has 3 aromatic carbocycles. The first-order valence-corrected chi connectivity index (χ1v) is 16.5. The predicted molar refractivity (Wildman–Crippen MR) is 189 cm³/mol. The molecule has 0 radical (unpaired) electrons. The summed E-state index contributed by atoms with van der Waals surface area (Å²) in [6.45, 7) is 4.73. The lowest BCUT2D eigenvalue weighted by Gasteiger charge is -2.21. The summed E-state index contributed by atoms with van der Waals surface area (Å²) >= 11 is 6.31. The fourth-order valence-corrected chi connectivity index (χ4v) is 6.29. The van der Waals surface area contributed by atoms with E-state index in [9.17, 15) is 14.4 Å². The number of aromatic amines is 1. The lowest BCUT2D eigenvalue weighted by molar-refractivity contribution is 0.0602. The van der Waals surface area contributed by atoms with Crippen molar-refractivity contribution in [3.05, 3.63) is 77.2 Å². The minimum absolute atomic E-state index is 0.336. The number of furan rings is 1. The molecule has 0 atom stereocenters. The highest BCUT2D eigenvalue weighted by Crippen LogP contribution is 2.42. The maximum atomic E-state index is 13.2. The molecule has 1 N–H and O–H groups in total. The molecule has 12 heteroatoms. The SMILES string of the molecule is CCSc1ccccc1N(C)C(=O)Oc1cc2c(c3c(C(=O)OC)c(C)[nH]c13)CCN2C.CCl.COc1ccc2oc(C=O)cc2c1. The number of aldehydes is 1. The zero-order valence-corrected chi connectivity index (χ0v) is 29.0. The highest BCUT2D eigenvalue weighted by atomic mass is 35.5. The number of anilines is 2. The van der Waals surface area contributed by atoms with Crippen LogP contribution in [-0.4, -0.2) is 70.3 Å². The lowest BCUT2D eigenvalue weighted by Crippen LogP contribution is -2.30. The third-order valence-electron chi connectivity index (χ3n) is 7.67. The Kier molecular flexibility index (Phi) is 11.8. The van der Waals surface area contributed by atoms with E-state index in [4.69, 9.17) is 18.6 Å². The number of aryl methyl sites for hydroxylation is 1. The number of aromatic nitrogens is 1. The summed E-state index contributed by atoms with van der Waals surface area (Å²) in [4.78, 5) is 44.0. The number of carbonyl (C=O) groups is 3. The number of hydrogen-bond acceptors (Lipinski definition) is 9. The number of thioether (sulfide) groups is 1. The highest BCUT2D eigenvalue weighted by Gasteiger charge is 2.29. The first kappa shape index (κ1) is 35.2. The Morgan fingerprint density at radius 1 is 1.13 bits per heavy atom. The second-order valence-electron chi connectivity index (χ2n) is 10.4. The van der Waals surface area contributed by atoms with E-state index in [-0.39, 0.29) is 0 Å². The van der Waals surface area contributed by atoms with Crippen molar-refractivity contribution in [2.75, 3.05) is 56.8 Å². The molecule has 47 heavy (non-hydrogen) atoms. The van der Waals surface area contributed by atoms with Crippen molar-refractivity contribution < 1.29 is 33.0 Å². The number of rotatable bonds is 7. The Labute approximate surface area is 282 Å². The third-order valence-corrected chi connectivity index (χ3v) is 8.61. The van der Waals surface area contributed by atoms with Crippen molar-refractivity contribution in [3.8, 4) is 11.5 Å². The Balaban J connectivity index is 0.000000277. The van der Waals surface area contributed by atoms with Crippen LogP contribution in [0, 0.1) is 6.92 Å². The molecule has 0 aliphatic carbocycles. The maximum absolute atomic E-state index is 13.2. The van der Waals surface area contributed by atoms with E-state index in [1.807, 2.05) is 50.4 Å². The molecular formula is C35H38ClN3O7S. The number of nitrogens with one attached hydrogen (secondary N) is 1. The van der Waals surface area contributed by atoms with Crippen molar-refractivity contribution in [2.45, 2.75) is 25.2 Å². The summed E-state index contributed by atoms with van der Waals surface area (Å²) < 4.78 is 21.2. The average molecular weight is 680 g/mol. The summed E-state index contributed by atoms with van der Waals surface area (Å²) in [5, 5.41) is 1.64. The number of H-pyrrole nitrogens is 1. The summed E-state index contributed by atoms with van der Waals surface area (Å²) in [5.41, 5.74) is 5.31. The van der Waals surface area contributed by atoms with Crippen LogP contribution in [0.3, 0.4) is 0 Å². The van der Waals surface area contributed by atoms with Crippen LogP contribution in [0.15, 0.2) is 63.9 Å². The van der Waals surface area contributed by atoms with Crippen LogP contribution in [0.1, 0.15) is 39.1 Å². The molecule has 1 amide bonds. The summed E-state index contributed by atoms with van der Waals surface area (Å²) in [7, 11) is 6.66. The van der Waals surface area contributed by atoms with Crippen molar-refractivity contribution in [1.29, 1.82) is 0 Å². The number of likely N-dealkylation sites (N-methyl/N-ethyl adjacent to an activating group) is 1. The Morgan fingerprint density at radius 3 is 2.55 bits per heavy atom. The molecule has 1 aliphatic rings. The van der Waals surface area contributed by atoms with E-state index in [2.05, 4.69) is 28.4 Å². The van der Waals surface area contributed by atoms with E-state index in [0.29, 0.717) is 40.2 Å². The van der Waals surface area contributed by atoms with Crippen LogP contribution in [0.4, 0.5) is 16.2 Å². The van der Waals surface area contributed by atoms with Crippen LogP contribution < -0.4 is 19.3 Å². The molecule has 0 saturated heterocycles. The number of amides is 1. The third kappa shape index (κ3) is 7.36. The van der Waals surface area contributed by atoms with E-state index >= 15 is 0 Å². The molecule has 1 aliphatic heterocycles. The van der Waals surface area contributed by atoms with E-state index < -0.39 is 12.1 Å². The average Bonchev–Trinajstić information content (AvgIpc) is 3.79. The van der Waals surface area contributed by atoms with Crippen LogP contribution in [0.25, 0.3) is 21.9 Å². The van der Waals surface area contributed by atoms with Gasteiger partial charge in [0.05, 0.1) is 31.0 Å². The fraction of sp³-hybridized carbons (Fsp3) is 0.286. The minimum Gasteiger partial charge on any atom is -0.497 e. The second-order valence-corrected chi connectivity index (χ2v) is 11.7. The first-order chi connectivity index (χ1) is 22.7. The van der Waals surface area contributed by atoms with E-state index in [0.717, 1.165) is 57.1 Å². The molecule has 10 nitrogen and oxygen atoms in total. The van der Waals surface area contributed by atoms with Gasteiger partial charge in [0.25, 0.3) is 0 Å². The van der Waals surface area contributed by atoms with Gasteiger partial charge in [0.1, 0.15) is 11.3 Å². The fourth-order valence-electron chi connectivity index (χ4n) is 5.45. The smallest absolute Gasteiger partial charge is 0.419 e. The Hall–Kier alpha value is -4.61. The largest absolute Gasteiger partial charge is 0.497 e. The van der Waals surface area contributed by atoms with E-state index in [1.54, 1.807) is 44.1 Å². The van der Waals surface area contributed by atoms with Gasteiger partial charge in [0.2, 0.25) is 0 Å². The van der Waals surface area contributed by atoms with Gasteiger partial charge in [-0.2, -0.15) is 0 Å². The Morgan fingerprint density at radius 2 is 1.87 bits per heavy atom. The van der Waals surface area contributed by atoms with Gasteiger partial charge in [0.15, 0.2) is 17.8 Å². The molecule has 2 aromatic heterocycles. The molecule has 0 fully saturated rings. The van der Waals surface area contributed by atoms with Crippen molar-refractivity contribution >= 4 is 75.0 Å². The van der Waals surface area contributed by atoms with Crippen LogP contribution in [0.5, 0.6) is 11.5 Å². The molecule has 0 bridgehead atoms. The number of benzene rings is 3. The number of methoxy groups -OCH3 is 2. The maximum Gasteiger partial charge on any atom is 0.419 e. The Bertz CT molecular complexity index is 1900. The molecule has 5 aromatic rings. The number of nitrogens with zero attached hydrogens (tertiary/aromatic N) is 2. The van der Waals surface area contributed by atoms with Gasteiger partial charge in [-0.05, 0) is 61.1 Å². The number of alkyl halides is 1. The number of esters is 1. The summed E-state index contributed by atoms with van der Waals surface area (Å²) in [6, 6.07) is 16.7. The molecule has 0 unspecified atom stereocenters. The molecule has 3 heterocycles. The second kappa shape index (κ2) is 15.8. The van der Waals surface area contributed by atoms with Gasteiger partial charge in [-0.15, -0.1) is 23.4 Å². The number of fused-ring (bicyclic) bond motifs is 4. The molecule has 0 saturated carbocycles. The number of para-hydroxylation sites is 1. The number of hydrogen-bond donors (Lipinski definition) is 1. The quantitative estimate of drug-likeness (QED) is 0.0788. The topological polar surface area (TPSA) is 114 Å². The van der Waals surface area contributed by atoms with Crippen molar-refractivity contribution in [1.82, 2.24) is 4.98 Å². The molecule has 6 rings (SSSR count). The van der Waals surface area contributed by atoms with Gasteiger partial charge in [0, 0.05) is 60.1 Å². The molecule has 248 valence electrons. The van der Waals surface area contributed by atoms with Crippen molar-refractivity contribution in [2.24, 2.45) is 0 Å². The normalized spacial score (nSPS) is 11.6. The summed E-state index contributed by atoms with van der Waals surface area (Å²) in [6.07, 6.45) is 2.47. The lowest BCUT2D eigenvalue weighted by atomic mass is 10.0. The molecular weight excluding hydrogens is 642 g/mol. The van der Waals surface area contributed by atoms with Crippen LogP contribution in [0.2, 0.25) is 0 Å². The van der Waals surface area contributed by atoms with Crippen molar-refractivity contribution in [3.63, 3.8) is 0 Å². The number of ether oxygens (including phenoxy) is 3. The first-order valence-electron chi connectivity index (χ1n) is 14.8. The van der Waals surface area contributed by atoms with Gasteiger partial charge in [-0.1, -0.05) is 19.1 Å². The van der Waals surface area contributed by atoms with Crippen LogP contribution in [-0.2, 0) is 11.2 Å². The van der Waals surface area contributed by atoms with Gasteiger partial charge in [-0.25, -0.2) is 9.59 Å². The number of carbonyl (C=O) groups excluding carboxylic acids is 3. The van der Waals surface area contributed by atoms with E-state index in [1.165, 1.54) is 18.4 Å². The monoisotopic (exact) mass is 679 g/mol. The zero-order valence-electron chi connectivity index (χ0n) is 27.4. The van der Waals surface area contributed by atoms with Crippen LogP contribution >= 0.6 is 23.4 Å². The zero-order chi connectivity index (χ0) is 34.2. The number of halogens is 1. The highest BCUT2D eigenvalue weighted by molar-refractivity contribution is 7.99. The minimum atomic E-state index is -0.497. The van der Waals surface area contributed by atoms with Gasteiger partial charge in [-0.3, -0.25) is 9.69 Å².